The van der Waals surface area contributed by atoms with Crippen molar-refractivity contribution in [1.29, 1.82) is 0 Å². The maximum atomic E-state index is 12.1. The van der Waals surface area contributed by atoms with E-state index in [9.17, 15) is 4.79 Å². The van der Waals surface area contributed by atoms with Crippen molar-refractivity contribution in [3.8, 4) is 0 Å². The van der Waals surface area contributed by atoms with Crippen molar-refractivity contribution in [3.05, 3.63) is 23.7 Å². The van der Waals surface area contributed by atoms with Crippen molar-refractivity contribution in [2.45, 2.75) is 39.8 Å². The summed E-state index contributed by atoms with van der Waals surface area (Å²) >= 11 is 0. The maximum absolute atomic E-state index is 12.1. The Labute approximate surface area is 96.4 Å². The molecule has 0 spiro atoms. The summed E-state index contributed by atoms with van der Waals surface area (Å²) in [6.07, 6.45) is 0.935. The first-order chi connectivity index (χ1) is 7.63. The summed E-state index contributed by atoms with van der Waals surface area (Å²) in [6.45, 7) is 7.08. The Kier molecular flexibility index (Phi) is 4.55. The molecule has 1 heterocycles. The third-order valence-electron chi connectivity index (χ3n) is 2.80. The summed E-state index contributed by atoms with van der Waals surface area (Å²) in [4.78, 5) is 13.9. The Morgan fingerprint density at radius 2 is 2.19 bits per heavy atom. The van der Waals surface area contributed by atoms with Crippen LogP contribution in [0.5, 0.6) is 0 Å². The van der Waals surface area contributed by atoms with E-state index in [-0.39, 0.29) is 11.9 Å². The van der Waals surface area contributed by atoms with Gasteiger partial charge in [0.1, 0.15) is 5.76 Å². The molecule has 2 N–H and O–H groups in total. The molecule has 0 radical (unpaired) electrons. The Bertz CT molecular complexity index is 347. The van der Waals surface area contributed by atoms with Crippen LogP contribution < -0.4 is 5.73 Å². The maximum Gasteiger partial charge on any atom is 0.289 e. The summed E-state index contributed by atoms with van der Waals surface area (Å²) in [5.74, 6) is 0.961. The summed E-state index contributed by atoms with van der Waals surface area (Å²) < 4.78 is 5.36. The zero-order chi connectivity index (χ0) is 12.1. The minimum Gasteiger partial charge on any atom is -0.455 e. The highest BCUT2D eigenvalue weighted by molar-refractivity contribution is 5.91. The van der Waals surface area contributed by atoms with Crippen LogP contribution in [0.25, 0.3) is 0 Å². The highest BCUT2D eigenvalue weighted by Crippen LogP contribution is 2.13. The number of hydrogen-bond acceptors (Lipinski definition) is 3. The second-order valence-corrected chi connectivity index (χ2v) is 3.82. The predicted octanol–water partition coefficient (Wildman–Crippen LogP) is 2.00. The largest absolute Gasteiger partial charge is 0.455 e. The average Bonchev–Trinajstić information content (AvgIpc) is 2.78. The van der Waals surface area contributed by atoms with Gasteiger partial charge in [-0.2, -0.15) is 0 Å². The van der Waals surface area contributed by atoms with E-state index in [1.54, 1.807) is 17.0 Å². The first-order valence-electron chi connectivity index (χ1n) is 5.73. The van der Waals surface area contributed by atoms with Gasteiger partial charge in [-0.15, -0.1) is 0 Å². The molecular weight excluding hydrogens is 204 g/mol. The molecule has 0 bridgehead atoms. The predicted molar refractivity (Wildman–Crippen MR) is 63.1 cm³/mol. The van der Waals surface area contributed by atoms with Gasteiger partial charge in [0.05, 0.1) is 6.54 Å². The number of furan rings is 1. The van der Waals surface area contributed by atoms with Crippen molar-refractivity contribution in [2.24, 2.45) is 5.73 Å². The molecule has 1 aromatic rings. The van der Waals surface area contributed by atoms with Crippen LogP contribution in [0.1, 0.15) is 43.5 Å². The molecule has 1 amide bonds. The average molecular weight is 224 g/mol. The minimum atomic E-state index is -0.0587. The molecule has 4 nitrogen and oxygen atoms in total. The molecule has 0 aliphatic rings. The van der Waals surface area contributed by atoms with E-state index in [0.29, 0.717) is 24.6 Å². The van der Waals surface area contributed by atoms with Gasteiger partial charge >= 0.3 is 0 Å². The van der Waals surface area contributed by atoms with Crippen LogP contribution in [-0.4, -0.2) is 23.4 Å². The third-order valence-corrected chi connectivity index (χ3v) is 2.80. The van der Waals surface area contributed by atoms with Crippen molar-refractivity contribution in [2.75, 3.05) is 6.54 Å². The first kappa shape index (κ1) is 12.8. The van der Waals surface area contributed by atoms with Crippen molar-refractivity contribution < 1.29 is 9.21 Å². The van der Waals surface area contributed by atoms with E-state index >= 15 is 0 Å². The number of nitrogens with two attached hydrogens (primary N) is 1. The van der Waals surface area contributed by atoms with Gasteiger partial charge in [0.25, 0.3) is 5.91 Å². The van der Waals surface area contributed by atoms with E-state index < -0.39 is 0 Å². The van der Waals surface area contributed by atoms with Crippen molar-refractivity contribution >= 4 is 5.91 Å². The van der Waals surface area contributed by atoms with Gasteiger partial charge in [0, 0.05) is 12.6 Å². The second kappa shape index (κ2) is 5.70. The van der Waals surface area contributed by atoms with Crippen LogP contribution in [0.4, 0.5) is 0 Å². The summed E-state index contributed by atoms with van der Waals surface area (Å²) in [6, 6.07) is 3.66. The van der Waals surface area contributed by atoms with Crippen LogP contribution in [0.2, 0.25) is 0 Å². The fourth-order valence-electron chi connectivity index (χ4n) is 1.62. The van der Waals surface area contributed by atoms with E-state index in [2.05, 4.69) is 6.92 Å². The molecule has 0 aliphatic carbocycles. The minimum absolute atomic E-state index is 0.0587. The summed E-state index contributed by atoms with van der Waals surface area (Å²) in [5.41, 5.74) is 5.44. The zero-order valence-electron chi connectivity index (χ0n) is 10.2. The fraction of sp³-hybridized carbons (Fsp3) is 0.583. The van der Waals surface area contributed by atoms with Gasteiger partial charge in [-0.3, -0.25) is 4.79 Å². The van der Waals surface area contributed by atoms with E-state index in [1.165, 1.54) is 0 Å². The summed E-state index contributed by atoms with van der Waals surface area (Å²) in [5, 5.41) is 0. The Balaban J connectivity index is 2.82. The van der Waals surface area contributed by atoms with Gasteiger partial charge < -0.3 is 15.1 Å². The number of carbonyl (C=O) groups excluding carboxylic acids is 1. The summed E-state index contributed by atoms with van der Waals surface area (Å²) in [7, 11) is 0. The lowest BCUT2D eigenvalue weighted by Gasteiger charge is -2.26. The molecule has 0 saturated heterocycles. The zero-order valence-corrected chi connectivity index (χ0v) is 10.2. The van der Waals surface area contributed by atoms with Crippen LogP contribution in [-0.2, 0) is 6.54 Å². The molecule has 4 heteroatoms. The first-order valence-corrected chi connectivity index (χ1v) is 5.73. The van der Waals surface area contributed by atoms with Crippen LogP contribution >= 0.6 is 0 Å². The SMILES string of the molecule is CCC(C)N(CC)C(=O)c1ccc(CN)o1. The molecular formula is C12H20N2O2. The smallest absolute Gasteiger partial charge is 0.289 e. The van der Waals surface area contributed by atoms with Crippen LogP contribution in [0, 0.1) is 0 Å². The third kappa shape index (κ3) is 2.64. The number of rotatable bonds is 5. The number of amides is 1. The number of hydrogen-bond donors (Lipinski definition) is 1. The highest BCUT2D eigenvalue weighted by atomic mass is 16.4. The van der Waals surface area contributed by atoms with Gasteiger partial charge in [-0.05, 0) is 32.4 Å². The van der Waals surface area contributed by atoms with E-state index in [4.69, 9.17) is 10.2 Å². The van der Waals surface area contributed by atoms with E-state index in [0.717, 1.165) is 6.42 Å². The van der Waals surface area contributed by atoms with E-state index in [1.807, 2.05) is 13.8 Å². The molecule has 16 heavy (non-hydrogen) atoms. The van der Waals surface area contributed by atoms with Gasteiger partial charge in [0.15, 0.2) is 5.76 Å². The number of carbonyl (C=O) groups is 1. The lowest BCUT2D eigenvalue weighted by Crippen LogP contribution is -2.37. The molecule has 1 atom stereocenters. The van der Waals surface area contributed by atoms with Crippen molar-refractivity contribution in [3.63, 3.8) is 0 Å². The lowest BCUT2D eigenvalue weighted by molar-refractivity contribution is 0.0665. The molecule has 90 valence electrons. The standard InChI is InChI=1S/C12H20N2O2/c1-4-9(3)14(5-2)12(15)11-7-6-10(8-13)16-11/h6-7,9H,4-5,8,13H2,1-3H3. The molecule has 0 aromatic carbocycles. The van der Waals surface area contributed by atoms with Crippen LogP contribution in [0.3, 0.4) is 0 Å². The Morgan fingerprint density at radius 3 is 2.62 bits per heavy atom. The quantitative estimate of drug-likeness (QED) is 0.832. The second-order valence-electron chi connectivity index (χ2n) is 3.82. The van der Waals surface area contributed by atoms with Gasteiger partial charge in [-0.1, -0.05) is 6.92 Å². The Hall–Kier alpha value is -1.29. The number of nitrogens with zero attached hydrogens (tertiary/aromatic N) is 1. The topological polar surface area (TPSA) is 59.5 Å². The monoisotopic (exact) mass is 224 g/mol. The fourth-order valence-corrected chi connectivity index (χ4v) is 1.62. The normalized spacial score (nSPS) is 12.5. The Morgan fingerprint density at radius 1 is 1.50 bits per heavy atom. The van der Waals surface area contributed by atoms with Crippen molar-refractivity contribution in [1.82, 2.24) is 4.90 Å². The lowest BCUT2D eigenvalue weighted by atomic mass is 10.2. The molecule has 0 aliphatic heterocycles. The van der Waals surface area contributed by atoms with Crippen LogP contribution in [0.15, 0.2) is 16.5 Å². The molecule has 1 rings (SSSR count). The molecule has 0 fully saturated rings. The highest BCUT2D eigenvalue weighted by Gasteiger charge is 2.21. The molecule has 1 aromatic heterocycles. The van der Waals surface area contributed by atoms with Gasteiger partial charge in [-0.25, -0.2) is 0 Å². The molecule has 0 saturated carbocycles. The van der Waals surface area contributed by atoms with Gasteiger partial charge in [0.2, 0.25) is 0 Å². The molecule has 1 unspecified atom stereocenters.